The van der Waals surface area contributed by atoms with Gasteiger partial charge in [-0.15, -0.1) is 0 Å². The average Bonchev–Trinajstić information content (AvgIpc) is 2.95. The van der Waals surface area contributed by atoms with Crippen molar-refractivity contribution in [3.05, 3.63) is 54.4 Å². The molecule has 0 spiro atoms. The first-order valence-electron chi connectivity index (χ1n) is 9.01. The fraction of sp³-hybridized carbons (Fsp3) is 0.350. The zero-order chi connectivity index (χ0) is 18.4. The molecule has 1 fully saturated rings. The lowest BCUT2D eigenvalue weighted by Crippen LogP contribution is -2.90. The highest BCUT2D eigenvalue weighted by atomic mass is 16.5. The molecule has 6 nitrogen and oxygen atoms in total. The summed E-state index contributed by atoms with van der Waals surface area (Å²) in [5.41, 5.74) is 1.68. The molecule has 6 heteroatoms. The molecule has 2 amide bonds. The number of anilines is 1. The van der Waals surface area contributed by atoms with Gasteiger partial charge >= 0.3 is 0 Å². The topological polar surface area (TPSA) is 76.1 Å². The number of imide groups is 1. The zero-order valence-corrected chi connectivity index (χ0v) is 14.9. The third-order valence-corrected chi connectivity index (χ3v) is 4.43. The molecular formula is C20H24N3O3+. The summed E-state index contributed by atoms with van der Waals surface area (Å²) < 4.78 is 5.63. The summed E-state index contributed by atoms with van der Waals surface area (Å²) in [4.78, 5) is 30.3. The second-order valence-corrected chi connectivity index (χ2v) is 6.37. The second kappa shape index (κ2) is 8.58. The fourth-order valence-electron chi connectivity index (χ4n) is 2.93. The van der Waals surface area contributed by atoms with Gasteiger partial charge in [0.1, 0.15) is 12.3 Å². The Morgan fingerprint density at radius 1 is 1.15 bits per heavy atom. The van der Waals surface area contributed by atoms with Crippen LogP contribution in [0.4, 0.5) is 5.69 Å². The van der Waals surface area contributed by atoms with Gasteiger partial charge in [0.05, 0.1) is 18.7 Å². The standard InChI is InChI=1S/C20H23N3O3/c1-2-3-12-26-17-6-4-16(5-7-17)23-19(24)13-18(20(23)25)22-14-15-8-10-21-11-9-15/h4-11,18,22H,2-3,12-14H2,1H3/p+1/t18-/m0/s1. The molecule has 1 atom stereocenters. The Hall–Kier alpha value is -2.73. The summed E-state index contributed by atoms with van der Waals surface area (Å²) in [5.74, 6) is 0.427. The molecule has 1 aromatic carbocycles. The number of carbonyl (C=O) groups excluding carboxylic acids is 2. The maximum atomic E-state index is 12.7. The van der Waals surface area contributed by atoms with Gasteiger partial charge in [0.2, 0.25) is 5.91 Å². The minimum atomic E-state index is -0.379. The SMILES string of the molecule is CCCCOc1ccc(N2C(=O)C[C@H]([NH2+]Cc3ccncc3)C2=O)cc1. The first kappa shape index (κ1) is 18.1. The number of carbonyl (C=O) groups is 2. The molecule has 0 aliphatic carbocycles. The first-order chi connectivity index (χ1) is 12.7. The number of benzene rings is 1. The highest BCUT2D eigenvalue weighted by Gasteiger charge is 2.42. The lowest BCUT2D eigenvalue weighted by molar-refractivity contribution is -0.690. The molecule has 136 valence electrons. The van der Waals surface area contributed by atoms with E-state index in [9.17, 15) is 9.59 Å². The Bertz CT molecular complexity index is 747. The number of aromatic nitrogens is 1. The van der Waals surface area contributed by atoms with Gasteiger partial charge in [-0.05, 0) is 42.8 Å². The van der Waals surface area contributed by atoms with Crippen LogP contribution >= 0.6 is 0 Å². The van der Waals surface area contributed by atoms with E-state index in [2.05, 4.69) is 11.9 Å². The molecule has 3 rings (SSSR count). The number of nitrogens with two attached hydrogens (primary N) is 1. The Balaban J connectivity index is 1.61. The summed E-state index contributed by atoms with van der Waals surface area (Å²) in [7, 11) is 0. The molecule has 1 saturated heterocycles. The zero-order valence-electron chi connectivity index (χ0n) is 14.9. The Labute approximate surface area is 153 Å². The number of quaternary nitrogens is 1. The summed E-state index contributed by atoms with van der Waals surface area (Å²) in [6, 6.07) is 10.6. The van der Waals surface area contributed by atoms with Gasteiger partial charge in [0.15, 0.2) is 6.04 Å². The molecule has 0 bridgehead atoms. The van der Waals surface area contributed by atoms with E-state index in [0.29, 0.717) is 18.8 Å². The molecule has 0 radical (unpaired) electrons. The number of amides is 2. The summed E-state index contributed by atoms with van der Waals surface area (Å²) in [5, 5.41) is 1.91. The Morgan fingerprint density at radius 2 is 1.88 bits per heavy atom. The molecule has 2 N–H and O–H groups in total. The predicted molar refractivity (Wildman–Crippen MR) is 97.6 cm³/mol. The molecule has 2 heterocycles. The van der Waals surface area contributed by atoms with Gasteiger partial charge in [0.25, 0.3) is 5.91 Å². The maximum absolute atomic E-state index is 12.7. The number of nitrogens with zero attached hydrogens (tertiary/aromatic N) is 2. The molecule has 2 aromatic rings. The number of ether oxygens (including phenoxy) is 1. The van der Waals surface area contributed by atoms with Crippen LogP contribution in [0.25, 0.3) is 0 Å². The predicted octanol–water partition coefficient (Wildman–Crippen LogP) is 1.66. The van der Waals surface area contributed by atoms with Crippen molar-refractivity contribution in [2.45, 2.75) is 38.8 Å². The number of hydrogen-bond acceptors (Lipinski definition) is 4. The van der Waals surface area contributed by atoms with Crippen molar-refractivity contribution in [3.8, 4) is 5.75 Å². The molecule has 1 aliphatic heterocycles. The summed E-state index contributed by atoms with van der Waals surface area (Å²) in [6.07, 6.45) is 5.74. The summed E-state index contributed by atoms with van der Waals surface area (Å²) in [6.45, 7) is 3.42. The van der Waals surface area contributed by atoms with Crippen LogP contribution in [0, 0.1) is 0 Å². The number of hydrogen-bond donors (Lipinski definition) is 1. The normalized spacial score (nSPS) is 17.0. The Kier molecular flexibility index (Phi) is 5.96. The van der Waals surface area contributed by atoms with E-state index in [1.54, 1.807) is 36.7 Å². The van der Waals surface area contributed by atoms with Gasteiger partial charge in [-0.3, -0.25) is 14.6 Å². The van der Waals surface area contributed by atoms with Crippen LogP contribution in [0.15, 0.2) is 48.8 Å². The van der Waals surface area contributed by atoms with Crippen LogP contribution in [0.5, 0.6) is 5.75 Å². The van der Waals surface area contributed by atoms with Crippen LogP contribution in [0.3, 0.4) is 0 Å². The van der Waals surface area contributed by atoms with E-state index in [1.165, 1.54) is 4.90 Å². The summed E-state index contributed by atoms with van der Waals surface area (Å²) >= 11 is 0. The molecule has 0 unspecified atom stereocenters. The van der Waals surface area contributed by atoms with E-state index < -0.39 is 0 Å². The lowest BCUT2D eigenvalue weighted by atomic mass is 10.2. The van der Waals surface area contributed by atoms with E-state index in [4.69, 9.17) is 4.74 Å². The van der Waals surface area contributed by atoms with Crippen LogP contribution in [0.1, 0.15) is 31.7 Å². The first-order valence-corrected chi connectivity index (χ1v) is 9.01. The van der Waals surface area contributed by atoms with Crippen molar-refractivity contribution in [2.24, 2.45) is 0 Å². The Morgan fingerprint density at radius 3 is 2.58 bits per heavy atom. The molecule has 26 heavy (non-hydrogen) atoms. The van der Waals surface area contributed by atoms with Gasteiger partial charge in [-0.1, -0.05) is 13.3 Å². The van der Waals surface area contributed by atoms with Crippen LogP contribution in [-0.2, 0) is 16.1 Å². The van der Waals surface area contributed by atoms with Crippen molar-refractivity contribution in [3.63, 3.8) is 0 Å². The van der Waals surface area contributed by atoms with Crippen molar-refractivity contribution >= 4 is 17.5 Å². The van der Waals surface area contributed by atoms with Crippen molar-refractivity contribution in [2.75, 3.05) is 11.5 Å². The minimum absolute atomic E-state index is 0.161. The second-order valence-electron chi connectivity index (χ2n) is 6.37. The maximum Gasteiger partial charge on any atom is 0.292 e. The number of pyridine rings is 1. The quantitative estimate of drug-likeness (QED) is 0.578. The average molecular weight is 354 g/mol. The molecule has 1 aromatic heterocycles. The van der Waals surface area contributed by atoms with Crippen molar-refractivity contribution in [1.82, 2.24) is 4.98 Å². The van der Waals surface area contributed by atoms with Gasteiger partial charge < -0.3 is 10.1 Å². The third-order valence-electron chi connectivity index (χ3n) is 4.43. The fourth-order valence-corrected chi connectivity index (χ4v) is 2.93. The highest BCUT2D eigenvalue weighted by Crippen LogP contribution is 2.24. The van der Waals surface area contributed by atoms with Gasteiger partial charge in [-0.2, -0.15) is 0 Å². The molecular weight excluding hydrogens is 330 g/mol. The largest absolute Gasteiger partial charge is 0.494 e. The lowest BCUT2D eigenvalue weighted by Gasteiger charge is -2.15. The number of unbranched alkanes of at least 4 members (excludes halogenated alkanes) is 1. The van der Waals surface area contributed by atoms with Crippen molar-refractivity contribution in [1.29, 1.82) is 0 Å². The van der Waals surface area contributed by atoms with E-state index in [-0.39, 0.29) is 24.3 Å². The minimum Gasteiger partial charge on any atom is -0.494 e. The van der Waals surface area contributed by atoms with Crippen LogP contribution in [0.2, 0.25) is 0 Å². The smallest absolute Gasteiger partial charge is 0.292 e. The third kappa shape index (κ3) is 4.26. The van der Waals surface area contributed by atoms with Gasteiger partial charge in [0, 0.05) is 18.0 Å². The molecule has 0 saturated carbocycles. The number of rotatable bonds is 8. The van der Waals surface area contributed by atoms with E-state index in [0.717, 1.165) is 24.2 Å². The molecule has 1 aliphatic rings. The van der Waals surface area contributed by atoms with Crippen LogP contribution in [-0.4, -0.2) is 29.4 Å². The van der Waals surface area contributed by atoms with Crippen LogP contribution < -0.4 is 15.0 Å². The highest BCUT2D eigenvalue weighted by molar-refractivity contribution is 6.21. The van der Waals surface area contributed by atoms with E-state index >= 15 is 0 Å². The monoisotopic (exact) mass is 354 g/mol. The van der Waals surface area contributed by atoms with Crippen molar-refractivity contribution < 1.29 is 19.6 Å². The van der Waals surface area contributed by atoms with Gasteiger partial charge in [-0.25, -0.2) is 4.90 Å². The van der Waals surface area contributed by atoms with E-state index in [1.807, 2.05) is 17.4 Å².